The highest BCUT2D eigenvalue weighted by molar-refractivity contribution is 5.51. The van der Waals surface area contributed by atoms with Gasteiger partial charge in [-0.05, 0) is 42.7 Å². The van der Waals surface area contributed by atoms with Crippen molar-refractivity contribution in [1.82, 2.24) is 4.98 Å². The molecule has 1 radical (unpaired) electrons. The van der Waals surface area contributed by atoms with Crippen LogP contribution in [0.3, 0.4) is 0 Å². The minimum atomic E-state index is -4.67. The van der Waals surface area contributed by atoms with Crippen molar-refractivity contribution in [2.24, 2.45) is 0 Å². The van der Waals surface area contributed by atoms with Crippen molar-refractivity contribution in [3.63, 3.8) is 0 Å². The predicted molar refractivity (Wildman–Crippen MR) is 76.1 cm³/mol. The van der Waals surface area contributed by atoms with E-state index in [4.69, 9.17) is 5.73 Å². The molecule has 1 fully saturated rings. The van der Waals surface area contributed by atoms with Crippen molar-refractivity contribution in [2.75, 3.05) is 5.73 Å². The molecule has 1 aliphatic rings. The third kappa shape index (κ3) is 3.00. The molecule has 1 aliphatic carbocycles. The maximum Gasteiger partial charge on any atom is 0.573 e. The molecule has 115 valence electrons. The van der Waals surface area contributed by atoms with Gasteiger partial charge in [0.1, 0.15) is 5.75 Å². The van der Waals surface area contributed by atoms with Crippen LogP contribution >= 0.6 is 0 Å². The normalized spacial score (nSPS) is 18.8. The molecule has 0 saturated heterocycles. The number of hydrogen-bond donors (Lipinski definition) is 1. The maximum absolute atomic E-state index is 12.2. The highest BCUT2D eigenvalue weighted by Crippen LogP contribution is 2.49. The minimum Gasteiger partial charge on any atom is -0.406 e. The van der Waals surface area contributed by atoms with E-state index in [0.29, 0.717) is 5.69 Å². The Bertz CT molecular complexity index is 655. The van der Waals surface area contributed by atoms with E-state index < -0.39 is 6.36 Å². The van der Waals surface area contributed by atoms with Gasteiger partial charge < -0.3 is 10.5 Å². The SMILES string of the molecule is Nc1cccnc1C1CC[C]1c1ccc(OC(F)(F)F)cc1. The van der Waals surface area contributed by atoms with Crippen molar-refractivity contribution < 1.29 is 17.9 Å². The number of ether oxygens (including phenoxy) is 1. The lowest BCUT2D eigenvalue weighted by molar-refractivity contribution is -0.274. The van der Waals surface area contributed by atoms with E-state index in [1.807, 2.05) is 0 Å². The molecule has 0 amide bonds. The lowest BCUT2D eigenvalue weighted by atomic mass is 9.68. The molecule has 1 unspecified atom stereocenters. The van der Waals surface area contributed by atoms with E-state index in [1.54, 1.807) is 30.5 Å². The zero-order valence-corrected chi connectivity index (χ0v) is 11.6. The standard InChI is InChI=1S/C16H14F3N2O/c17-16(18,19)22-11-5-3-10(4-6-11)12-7-8-13(12)15-14(20)2-1-9-21-15/h1-6,9,13H,7-8,20H2. The number of alkyl halides is 3. The summed E-state index contributed by atoms with van der Waals surface area (Å²) in [4.78, 5) is 4.32. The van der Waals surface area contributed by atoms with E-state index in [0.717, 1.165) is 30.0 Å². The Morgan fingerprint density at radius 1 is 1.14 bits per heavy atom. The third-order valence-electron chi connectivity index (χ3n) is 3.78. The number of halogens is 3. The lowest BCUT2D eigenvalue weighted by Gasteiger charge is -2.36. The number of anilines is 1. The first-order valence-electron chi connectivity index (χ1n) is 6.86. The second-order valence-corrected chi connectivity index (χ2v) is 5.17. The zero-order chi connectivity index (χ0) is 15.7. The average molecular weight is 307 g/mol. The highest BCUT2D eigenvalue weighted by Gasteiger charge is 2.36. The molecular weight excluding hydrogens is 293 g/mol. The number of aromatic nitrogens is 1. The summed E-state index contributed by atoms with van der Waals surface area (Å²) in [5.74, 6) is 1.06. The molecule has 1 aromatic carbocycles. The molecule has 3 nitrogen and oxygen atoms in total. The fourth-order valence-electron chi connectivity index (χ4n) is 2.67. The van der Waals surface area contributed by atoms with Crippen molar-refractivity contribution in [1.29, 1.82) is 0 Å². The number of nitrogen functional groups attached to an aromatic ring is 1. The van der Waals surface area contributed by atoms with Crippen LogP contribution in [0.15, 0.2) is 42.6 Å². The van der Waals surface area contributed by atoms with Crippen molar-refractivity contribution in [2.45, 2.75) is 25.1 Å². The molecule has 6 heteroatoms. The second-order valence-electron chi connectivity index (χ2n) is 5.17. The predicted octanol–water partition coefficient (Wildman–Crippen LogP) is 4.06. The van der Waals surface area contributed by atoms with Gasteiger partial charge in [0.2, 0.25) is 0 Å². The van der Waals surface area contributed by atoms with Crippen LogP contribution < -0.4 is 10.5 Å². The summed E-state index contributed by atoms with van der Waals surface area (Å²) in [6, 6.07) is 9.52. The Hall–Kier alpha value is -2.24. The van der Waals surface area contributed by atoms with Crippen LogP contribution in [0.5, 0.6) is 5.75 Å². The number of nitrogens with two attached hydrogens (primary N) is 1. The molecule has 0 spiro atoms. The Balaban J connectivity index is 1.76. The van der Waals surface area contributed by atoms with Gasteiger partial charge in [0.25, 0.3) is 0 Å². The van der Waals surface area contributed by atoms with Gasteiger partial charge in [-0.15, -0.1) is 13.2 Å². The van der Waals surface area contributed by atoms with Gasteiger partial charge >= 0.3 is 6.36 Å². The smallest absolute Gasteiger partial charge is 0.406 e. The number of rotatable bonds is 3. The fourth-order valence-corrected chi connectivity index (χ4v) is 2.67. The van der Waals surface area contributed by atoms with Gasteiger partial charge in [-0.3, -0.25) is 4.98 Å². The minimum absolute atomic E-state index is 0.135. The summed E-state index contributed by atoms with van der Waals surface area (Å²) in [5, 5.41) is 0. The summed E-state index contributed by atoms with van der Waals surface area (Å²) in [6.45, 7) is 0. The molecule has 2 N–H and O–H groups in total. The Labute approximate surface area is 125 Å². The highest BCUT2D eigenvalue weighted by atomic mass is 19.4. The van der Waals surface area contributed by atoms with E-state index in [-0.39, 0.29) is 11.7 Å². The Morgan fingerprint density at radius 3 is 2.41 bits per heavy atom. The number of hydrogen-bond acceptors (Lipinski definition) is 3. The molecule has 1 aromatic heterocycles. The topological polar surface area (TPSA) is 48.1 Å². The van der Waals surface area contributed by atoms with Crippen LogP contribution in [0.4, 0.5) is 18.9 Å². The zero-order valence-electron chi connectivity index (χ0n) is 11.6. The fraction of sp³-hybridized carbons (Fsp3) is 0.250. The molecule has 3 rings (SSSR count). The molecule has 1 heterocycles. The molecular formula is C16H14F3N2O. The maximum atomic E-state index is 12.2. The summed E-state index contributed by atoms with van der Waals surface area (Å²) >= 11 is 0. The van der Waals surface area contributed by atoms with Crippen LogP contribution in [-0.2, 0) is 0 Å². The first-order valence-corrected chi connectivity index (χ1v) is 6.86. The second kappa shape index (κ2) is 5.51. The van der Waals surface area contributed by atoms with E-state index in [9.17, 15) is 13.2 Å². The van der Waals surface area contributed by atoms with Crippen LogP contribution in [0, 0.1) is 5.92 Å². The van der Waals surface area contributed by atoms with Crippen molar-refractivity contribution in [3.8, 4) is 5.75 Å². The van der Waals surface area contributed by atoms with Crippen molar-refractivity contribution in [3.05, 3.63) is 59.8 Å². The van der Waals surface area contributed by atoms with E-state index >= 15 is 0 Å². The Morgan fingerprint density at radius 2 is 1.86 bits per heavy atom. The van der Waals surface area contributed by atoms with Gasteiger partial charge in [0.05, 0.1) is 11.4 Å². The largest absolute Gasteiger partial charge is 0.573 e. The molecule has 1 saturated carbocycles. The van der Waals surface area contributed by atoms with Crippen LogP contribution in [0.25, 0.3) is 0 Å². The quantitative estimate of drug-likeness (QED) is 0.930. The first kappa shape index (κ1) is 14.7. The molecule has 22 heavy (non-hydrogen) atoms. The molecule has 1 atom stereocenters. The molecule has 2 aromatic rings. The average Bonchev–Trinajstić information content (AvgIpc) is 2.41. The lowest BCUT2D eigenvalue weighted by Crippen LogP contribution is -2.24. The van der Waals surface area contributed by atoms with Crippen molar-refractivity contribution >= 4 is 5.69 Å². The third-order valence-corrected chi connectivity index (χ3v) is 3.78. The number of pyridine rings is 1. The summed E-state index contributed by atoms with van der Waals surface area (Å²) < 4.78 is 40.3. The van der Waals surface area contributed by atoms with Crippen LogP contribution in [0.1, 0.15) is 30.0 Å². The van der Waals surface area contributed by atoms with Gasteiger partial charge in [-0.1, -0.05) is 12.1 Å². The van der Waals surface area contributed by atoms with Crippen LogP contribution in [0.2, 0.25) is 0 Å². The Kier molecular flexibility index (Phi) is 3.68. The summed E-state index contributed by atoms with van der Waals surface area (Å²) in [7, 11) is 0. The van der Waals surface area contributed by atoms with Gasteiger partial charge in [0.15, 0.2) is 0 Å². The van der Waals surface area contributed by atoms with E-state index in [2.05, 4.69) is 9.72 Å². The summed E-state index contributed by atoms with van der Waals surface area (Å²) in [5.41, 5.74) is 8.32. The monoisotopic (exact) mass is 307 g/mol. The van der Waals surface area contributed by atoms with E-state index in [1.165, 1.54) is 12.1 Å². The molecule has 0 bridgehead atoms. The first-order chi connectivity index (χ1) is 10.4. The number of nitrogens with zero attached hydrogens (tertiary/aromatic N) is 1. The number of benzene rings is 1. The van der Waals surface area contributed by atoms with Gasteiger partial charge in [-0.2, -0.15) is 0 Å². The van der Waals surface area contributed by atoms with Gasteiger partial charge in [-0.25, -0.2) is 0 Å². The van der Waals surface area contributed by atoms with Gasteiger partial charge in [0, 0.05) is 18.0 Å². The summed E-state index contributed by atoms with van der Waals surface area (Å²) in [6.07, 6.45) is -1.14. The van der Waals surface area contributed by atoms with Crippen LogP contribution in [-0.4, -0.2) is 11.3 Å². The molecule has 0 aliphatic heterocycles.